The first-order valence-electron chi connectivity index (χ1n) is 8.03. The molecule has 0 amide bonds. The van der Waals surface area contributed by atoms with E-state index in [0.717, 1.165) is 26.3 Å². The second-order valence-corrected chi connectivity index (χ2v) is 5.54. The summed E-state index contributed by atoms with van der Waals surface area (Å²) in [7, 11) is 0. The first kappa shape index (κ1) is 15.2. The molecule has 0 aliphatic carbocycles. The zero-order valence-electron chi connectivity index (χ0n) is 12.9. The van der Waals surface area contributed by atoms with Gasteiger partial charge < -0.3 is 15.0 Å². The lowest BCUT2D eigenvalue weighted by Crippen LogP contribution is -2.37. The van der Waals surface area contributed by atoms with Crippen molar-refractivity contribution in [3.63, 3.8) is 0 Å². The number of rotatable bonds is 7. The first-order valence-corrected chi connectivity index (χ1v) is 8.03. The number of nitrogens with zero attached hydrogens (tertiary/aromatic N) is 1. The Bertz CT molecular complexity index is 382. The summed E-state index contributed by atoms with van der Waals surface area (Å²) in [5, 5.41) is 3.76. The minimum Gasteiger partial charge on any atom is -0.381 e. The third-order valence-electron chi connectivity index (χ3n) is 3.89. The van der Waals surface area contributed by atoms with E-state index < -0.39 is 0 Å². The predicted octanol–water partition coefficient (Wildman–Crippen LogP) is 3.90. The van der Waals surface area contributed by atoms with Crippen LogP contribution in [0, 0.1) is 0 Å². The van der Waals surface area contributed by atoms with Gasteiger partial charge in [0.25, 0.3) is 0 Å². The van der Waals surface area contributed by atoms with Gasteiger partial charge in [0.05, 0.1) is 24.6 Å². The maximum Gasteiger partial charge on any atom is 0.0642 e. The molecule has 0 aromatic heterocycles. The minimum absolute atomic E-state index is 0.590. The normalized spacial score (nSPS) is 15.7. The monoisotopic (exact) mass is 276 g/mol. The summed E-state index contributed by atoms with van der Waals surface area (Å²) in [5.74, 6) is 0. The zero-order valence-corrected chi connectivity index (χ0v) is 12.9. The molecule has 0 atom stereocenters. The highest BCUT2D eigenvalue weighted by Crippen LogP contribution is 2.28. The summed E-state index contributed by atoms with van der Waals surface area (Å²) < 4.78 is 5.46. The quantitative estimate of drug-likeness (QED) is 0.817. The van der Waals surface area contributed by atoms with Gasteiger partial charge in [0.1, 0.15) is 0 Å². The molecule has 1 fully saturated rings. The molecule has 0 saturated carbocycles. The molecular formula is C17H28N2O. The van der Waals surface area contributed by atoms with Gasteiger partial charge in [-0.2, -0.15) is 0 Å². The summed E-state index contributed by atoms with van der Waals surface area (Å²) in [6, 6.07) is 9.28. The molecule has 1 N–H and O–H groups in total. The van der Waals surface area contributed by atoms with E-state index in [1.54, 1.807) is 0 Å². The fourth-order valence-corrected chi connectivity index (χ4v) is 2.88. The average molecular weight is 276 g/mol. The molecule has 1 aliphatic rings. The number of benzene rings is 1. The lowest BCUT2D eigenvalue weighted by atomic mass is 10.1. The molecule has 0 radical (unpaired) electrons. The van der Waals surface area contributed by atoms with Gasteiger partial charge in [0, 0.05) is 19.1 Å². The van der Waals surface area contributed by atoms with Crippen LogP contribution in [0.5, 0.6) is 0 Å². The van der Waals surface area contributed by atoms with Crippen molar-refractivity contribution >= 4 is 11.4 Å². The number of anilines is 2. The third-order valence-corrected chi connectivity index (χ3v) is 3.89. The summed E-state index contributed by atoms with van der Waals surface area (Å²) in [6.45, 7) is 8.18. The van der Waals surface area contributed by atoms with Crippen molar-refractivity contribution in [3.05, 3.63) is 24.3 Å². The van der Waals surface area contributed by atoms with Crippen LogP contribution in [0.1, 0.15) is 39.5 Å². The summed E-state index contributed by atoms with van der Waals surface area (Å²) >= 11 is 0. The maximum absolute atomic E-state index is 5.46. The van der Waals surface area contributed by atoms with Gasteiger partial charge in [-0.25, -0.2) is 0 Å². The number of hydrogen-bond donors (Lipinski definition) is 1. The number of hydrogen-bond acceptors (Lipinski definition) is 3. The highest BCUT2D eigenvalue weighted by atomic mass is 16.5. The van der Waals surface area contributed by atoms with Crippen molar-refractivity contribution < 1.29 is 4.74 Å². The number of morpholine rings is 1. The Hall–Kier alpha value is -1.22. The fourth-order valence-electron chi connectivity index (χ4n) is 2.88. The fraction of sp³-hybridized carbons (Fsp3) is 0.647. The van der Waals surface area contributed by atoms with Crippen LogP contribution in [-0.4, -0.2) is 32.3 Å². The van der Waals surface area contributed by atoms with Crippen molar-refractivity contribution in [2.45, 2.75) is 45.6 Å². The number of ether oxygens (including phenoxy) is 1. The van der Waals surface area contributed by atoms with Gasteiger partial charge in [-0.05, 0) is 25.0 Å². The second kappa shape index (κ2) is 8.15. The van der Waals surface area contributed by atoms with Crippen molar-refractivity contribution in [1.29, 1.82) is 0 Å². The predicted molar refractivity (Wildman–Crippen MR) is 86.7 cm³/mol. The van der Waals surface area contributed by atoms with E-state index in [4.69, 9.17) is 4.74 Å². The van der Waals surface area contributed by atoms with Gasteiger partial charge in [-0.3, -0.25) is 0 Å². The smallest absolute Gasteiger partial charge is 0.0642 e. The van der Waals surface area contributed by atoms with E-state index in [2.05, 4.69) is 48.3 Å². The Balaban J connectivity index is 2.09. The van der Waals surface area contributed by atoms with E-state index in [1.807, 2.05) is 0 Å². The van der Waals surface area contributed by atoms with Gasteiger partial charge in [-0.1, -0.05) is 38.8 Å². The van der Waals surface area contributed by atoms with Crippen molar-refractivity contribution in [2.24, 2.45) is 0 Å². The van der Waals surface area contributed by atoms with Crippen LogP contribution in [0.4, 0.5) is 11.4 Å². The molecule has 1 heterocycles. The molecule has 3 heteroatoms. The molecule has 1 aliphatic heterocycles. The largest absolute Gasteiger partial charge is 0.381 e. The highest BCUT2D eigenvalue weighted by Gasteiger charge is 2.16. The lowest BCUT2D eigenvalue weighted by Gasteiger charge is -2.31. The van der Waals surface area contributed by atoms with E-state index in [-0.39, 0.29) is 0 Å². The van der Waals surface area contributed by atoms with Gasteiger partial charge in [0.15, 0.2) is 0 Å². The molecule has 1 aromatic rings. The van der Waals surface area contributed by atoms with Crippen LogP contribution in [-0.2, 0) is 4.74 Å². The van der Waals surface area contributed by atoms with Crippen molar-refractivity contribution in [1.82, 2.24) is 0 Å². The van der Waals surface area contributed by atoms with E-state index in [0.29, 0.717) is 6.04 Å². The summed E-state index contributed by atoms with van der Waals surface area (Å²) in [4.78, 5) is 2.43. The maximum atomic E-state index is 5.46. The second-order valence-electron chi connectivity index (χ2n) is 5.54. The highest BCUT2D eigenvalue weighted by molar-refractivity contribution is 5.70. The van der Waals surface area contributed by atoms with Crippen molar-refractivity contribution in [3.8, 4) is 0 Å². The molecule has 112 valence electrons. The van der Waals surface area contributed by atoms with E-state index >= 15 is 0 Å². The SMILES string of the molecule is CCCC(CCC)Nc1ccccc1N1CCOCC1. The Kier molecular flexibility index (Phi) is 6.19. The number of para-hydroxylation sites is 2. The topological polar surface area (TPSA) is 24.5 Å². The molecule has 2 rings (SSSR count). The lowest BCUT2D eigenvalue weighted by molar-refractivity contribution is 0.123. The van der Waals surface area contributed by atoms with Crippen LogP contribution in [0.25, 0.3) is 0 Å². The van der Waals surface area contributed by atoms with Crippen molar-refractivity contribution in [2.75, 3.05) is 36.5 Å². The minimum atomic E-state index is 0.590. The molecule has 0 bridgehead atoms. The Labute approximate surface area is 123 Å². The van der Waals surface area contributed by atoms with E-state index in [9.17, 15) is 0 Å². The van der Waals surface area contributed by atoms with Gasteiger partial charge >= 0.3 is 0 Å². The Morgan fingerprint density at radius 3 is 2.40 bits per heavy atom. The number of nitrogens with one attached hydrogen (secondary N) is 1. The molecule has 1 aromatic carbocycles. The molecule has 0 unspecified atom stereocenters. The first-order chi connectivity index (χ1) is 9.85. The van der Waals surface area contributed by atoms with Crippen LogP contribution < -0.4 is 10.2 Å². The Morgan fingerprint density at radius 1 is 1.10 bits per heavy atom. The molecule has 0 spiro atoms. The molecular weight excluding hydrogens is 248 g/mol. The third kappa shape index (κ3) is 4.14. The molecule has 20 heavy (non-hydrogen) atoms. The van der Waals surface area contributed by atoms with Gasteiger partial charge in [-0.15, -0.1) is 0 Å². The zero-order chi connectivity index (χ0) is 14.2. The molecule has 1 saturated heterocycles. The average Bonchev–Trinajstić information content (AvgIpc) is 2.49. The van der Waals surface area contributed by atoms with Gasteiger partial charge in [0.2, 0.25) is 0 Å². The van der Waals surface area contributed by atoms with Crippen LogP contribution in [0.3, 0.4) is 0 Å². The van der Waals surface area contributed by atoms with Crippen LogP contribution in [0.15, 0.2) is 24.3 Å². The summed E-state index contributed by atoms with van der Waals surface area (Å²) in [5.41, 5.74) is 2.61. The molecule has 3 nitrogen and oxygen atoms in total. The standard InChI is InChI=1S/C17H28N2O/c1-3-7-15(8-4-2)18-16-9-5-6-10-17(16)19-11-13-20-14-12-19/h5-6,9-10,15,18H,3-4,7-8,11-14H2,1-2H3. The Morgan fingerprint density at radius 2 is 1.75 bits per heavy atom. The van der Waals surface area contributed by atoms with Crippen LogP contribution >= 0.6 is 0 Å². The van der Waals surface area contributed by atoms with E-state index in [1.165, 1.54) is 37.1 Å². The summed E-state index contributed by atoms with van der Waals surface area (Å²) in [6.07, 6.45) is 4.95. The van der Waals surface area contributed by atoms with Crippen LogP contribution in [0.2, 0.25) is 0 Å².